The van der Waals surface area contributed by atoms with Crippen LogP contribution in [-0.4, -0.2) is 13.3 Å². The van der Waals surface area contributed by atoms with Crippen molar-refractivity contribution in [3.05, 3.63) is 23.3 Å². The van der Waals surface area contributed by atoms with Crippen molar-refractivity contribution in [2.24, 2.45) is 5.73 Å². The maximum atomic E-state index is 12.9. The Balaban J connectivity index is 2.48. The number of rotatable bonds is 3. The highest BCUT2D eigenvalue weighted by Gasteiger charge is 2.23. The number of benzene rings is 1. The van der Waals surface area contributed by atoms with Crippen LogP contribution in [0.1, 0.15) is 30.4 Å². The summed E-state index contributed by atoms with van der Waals surface area (Å²) in [5, 5.41) is 0. The summed E-state index contributed by atoms with van der Waals surface area (Å²) in [5.41, 5.74) is 6.00. The molecule has 1 heterocycles. The van der Waals surface area contributed by atoms with E-state index in [2.05, 4.69) is 0 Å². The van der Waals surface area contributed by atoms with Gasteiger partial charge in [0.1, 0.15) is 0 Å². The summed E-state index contributed by atoms with van der Waals surface area (Å²) in [7, 11) is 0. The molecule has 1 aliphatic heterocycles. The van der Waals surface area contributed by atoms with E-state index in [1.807, 2.05) is 6.92 Å². The fraction of sp³-hybridized carbons (Fsp3) is 0.455. The van der Waals surface area contributed by atoms with Gasteiger partial charge in [0.15, 0.2) is 11.5 Å². The molecule has 0 spiro atoms. The van der Waals surface area contributed by atoms with Crippen molar-refractivity contribution in [2.75, 3.05) is 13.3 Å². The summed E-state index contributed by atoms with van der Waals surface area (Å²) in [6.07, 6.45) is -2.53. The van der Waals surface area contributed by atoms with Gasteiger partial charge in [0.2, 0.25) is 6.79 Å². The molecule has 1 atom stereocenters. The van der Waals surface area contributed by atoms with Gasteiger partial charge in [-0.3, -0.25) is 0 Å². The number of hydrogen-bond acceptors (Lipinski definition) is 3. The molecular formula is C11H13F2NO2. The highest BCUT2D eigenvalue weighted by Crippen LogP contribution is 2.40. The lowest BCUT2D eigenvalue weighted by molar-refractivity contribution is 0.149. The zero-order chi connectivity index (χ0) is 11.7. The minimum absolute atomic E-state index is 0.0257. The summed E-state index contributed by atoms with van der Waals surface area (Å²) in [4.78, 5) is 0. The fourth-order valence-electron chi connectivity index (χ4n) is 1.72. The molecule has 5 heteroatoms. The molecule has 1 unspecified atom stereocenters. The summed E-state index contributed by atoms with van der Waals surface area (Å²) < 4.78 is 35.9. The molecule has 0 aromatic heterocycles. The molecule has 0 bridgehead atoms. The molecule has 16 heavy (non-hydrogen) atoms. The van der Waals surface area contributed by atoms with Crippen LogP contribution in [0.25, 0.3) is 0 Å². The molecule has 0 fully saturated rings. The number of fused-ring (bicyclic) bond motifs is 1. The fourth-order valence-corrected chi connectivity index (χ4v) is 1.72. The smallest absolute Gasteiger partial charge is 0.264 e. The lowest BCUT2D eigenvalue weighted by Gasteiger charge is -2.15. The quantitative estimate of drug-likeness (QED) is 0.865. The van der Waals surface area contributed by atoms with Crippen molar-refractivity contribution in [1.29, 1.82) is 0 Å². The van der Waals surface area contributed by atoms with Crippen LogP contribution < -0.4 is 15.2 Å². The van der Waals surface area contributed by atoms with Crippen LogP contribution in [0.5, 0.6) is 11.5 Å². The Morgan fingerprint density at radius 2 is 1.81 bits per heavy atom. The number of alkyl halides is 2. The van der Waals surface area contributed by atoms with E-state index in [0.717, 1.165) is 0 Å². The van der Waals surface area contributed by atoms with E-state index in [9.17, 15) is 8.78 Å². The number of ether oxygens (including phenoxy) is 2. The monoisotopic (exact) mass is 229 g/mol. The van der Waals surface area contributed by atoms with Gasteiger partial charge in [0.05, 0.1) is 0 Å². The zero-order valence-corrected chi connectivity index (χ0v) is 8.87. The van der Waals surface area contributed by atoms with Crippen LogP contribution in [-0.2, 0) is 0 Å². The third-order valence-corrected chi connectivity index (χ3v) is 2.70. The van der Waals surface area contributed by atoms with Crippen LogP contribution in [0.4, 0.5) is 8.78 Å². The minimum Gasteiger partial charge on any atom is -0.454 e. The lowest BCUT2D eigenvalue weighted by atomic mass is 9.95. The summed E-state index contributed by atoms with van der Waals surface area (Å²) in [5.74, 6) is 0.765. The van der Waals surface area contributed by atoms with Crippen molar-refractivity contribution in [3.63, 3.8) is 0 Å². The zero-order valence-electron chi connectivity index (χ0n) is 8.87. The molecule has 0 aliphatic carbocycles. The number of nitrogens with two attached hydrogens (primary N) is 1. The molecule has 1 aromatic carbocycles. The van der Waals surface area contributed by atoms with Gasteiger partial charge in [-0.25, -0.2) is 8.78 Å². The van der Waals surface area contributed by atoms with E-state index >= 15 is 0 Å². The van der Waals surface area contributed by atoms with Gasteiger partial charge in [0.25, 0.3) is 6.43 Å². The first-order chi connectivity index (χ1) is 7.63. The lowest BCUT2D eigenvalue weighted by Crippen LogP contribution is -2.11. The van der Waals surface area contributed by atoms with Gasteiger partial charge in [-0.2, -0.15) is 0 Å². The van der Waals surface area contributed by atoms with Gasteiger partial charge in [0, 0.05) is 5.56 Å². The Hall–Kier alpha value is -1.36. The third-order valence-electron chi connectivity index (χ3n) is 2.70. The molecule has 0 saturated heterocycles. The Morgan fingerprint density at radius 1 is 1.25 bits per heavy atom. The Bertz CT molecular complexity index is 396. The standard InChI is InChI=1S/C11H13F2NO2/c1-6(4-14)7-2-9-10(16-5-15-9)3-8(7)11(12)13/h2-3,6,11H,4-5,14H2,1H3. The number of halogens is 2. The molecular weight excluding hydrogens is 216 g/mol. The molecule has 3 nitrogen and oxygen atoms in total. The second-order valence-electron chi connectivity index (χ2n) is 3.77. The SMILES string of the molecule is CC(CN)c1cc2c(cc1C(F)F)OCO2. The highest BCUT2D eigenvalue weighted by molar-refractivity contribution is 5.50. The maximum absolute atomic E-state index is 12.9. The average Bonchev–Trinajstić information content (AvgIpc) is 2.73. The summed E-state index contributed by atoms with van der Waals surface area (Å²) >= 11 is 0. The van der Waals surface area contributed by atoms with Crippen LogP contribution in [0, 0.1) is 0 Å². The average molecular weight is 229 g/mol. The Labute approximate surface area is 92.1 Å². The summed E-state index contributed by atoms with van der Waals surface area (Å²) in [6.45, 7) is 2.21. The molecule has 88 valence electrons. The first-order valence-electron chi connectivity index (χ1n) is 5.05. The molecule has 0 saturated carbocycles. The predicted octanol–water partition coefficient (Wildman–Crippen LogP) is 2.42. The molecule has 1 aromatic rings. The van der Waals surface area contributed by atoms with E-state index in [4.69, 9.17) is 15.2 Å². The van der Waals surface area contributed by atoms with Crippen LogP contribution in [0.2, 0.25) is 0 Å². The highest BCUT2D eigenvalue weighted by atomic mass is 19.3. The van der Waals surface area contributed by atoms with Crippen molar-refractivity contribution in [3.8, 4) is 11.5 Å². The van der Waals surface area contributed by atoms with E-state index < -0.39 is 6.43 Å². The van der Waals surface area contributed by atoms with Crippen LogP contribution in [0.3, 0.4) is 0 Å². The molecule has 2 rings (SSSR count). The largest absolute Gasteiger partial charge is 0.454 e. The topological polar surface area (TPSA) is 44.5 Å². The first-order valence-corrected chi connectivity index (χ1v) is 5.05. The van der Waals surface area contributed by atoms with Crippen LogP contribution in [0.15, 0.2) is 12.1 Å². The molecule has 0 radical (unpaired) electrons. The maximum Gasteiger partial charge on any atom is 0.264 e. The Morgan fingerprint density at radius 3 is 2.31 bits per heavy atom. The van der Waals surface area contributed by atoms with E-state index in [1.54, 1.807) is 6.07 Å². The van der Waals surface area contributed by atoms with Crippen LogP contribution >= 0.6 is 0 Å². The van der Waals surface area contributed by atoms with E-state index in [0.29, 0.717) is 23.6 Å². The van der Waals surface area contributed by atoms with E-state index in [1.165, 1.54) is 6.07 Å². The first kappa shape index (κ1) is 11.1. The second kappa shape index (κ2) is 4.25. The molecule has 1 aliphatic rings. The second-order valence-corrected chi connectivity index (χ2v) is 3.77. The van der Waals surface area contributed by atoms with Gasteiger partial charge >= 0.3 is 0 Å². The molecule has 2 N–H and O–H groups in total. The van der Waals surface area contributed by atoms with Crippen molar-refractivity contribution in [2.45, 2.75) is 19.3 Å². The Kier molecular flexibility index (Phi) is 2.96. The normalized spacial score (nSPS) is 15.6. The molecule has 0 amide bonds. The van der Waals surface area contributed by atoms with Crippen molar-refractivity contribution < 1.29 is 18.3 Å². The third kappa shape index (κ3) is 1.82. The van der Waals surface area contributed by atoms with Gasteiger partial charge in [-0.05, 0) is 30.2 Å². The van der Waals surface area contributed by atoms with Gasteiger partial charge < -0.3 is 15.2 Å². The summed E-state index contributed by atoms with van der Waals surface area (Å²) in [6, 6.07) is 2.94. The van der Waals surface area contributed by atoms with Crippen molar-refractivity contribution in [1.82, 2.24) is 0 Å². The van der Waals surface area contributed by atoms with Crippen molar-refractivity contribution >= 4 is 0 Å². The predicted molar refractivity (Wildman–Crippen MR) is 55.0 cm³/mol. The van der Waals surface area contributed by atoms with Gasteiger partial charge in [-0.15, -0.1) is 0 Å². The number of hydrogen-bond donors (Lipinski definition) is 1. The van der Waals surface area contributed by atoms with E-state index in [-0.39, 0.29) is 18.3 Å². The van der Waals surface area contributed by atoms with Gasteiger partial charge in [-0.1, -0.05) is 6.92 Å². The minimum atomic E-state index is -2.53.